The molecule has 2 aliphatic rings. The van der Waals surface area contributed by atoms with Crippen LogP contribution in [0.3, 0.4) is 0 Å². The third-order valence-electron chi connectivity index (χ3n) is 3.11. The molecule has 16 heavy (non-hydrogen) atoms. The fraction of sp³-hybridized carbons (Fsp3) is 0.600. The number of rotatable bonds is 1. The summed E-state index contributed by atoms with van der Waals surface area (Å²) in [6, 6.07) is 0. The van der Waals surface area contributed by atoms with Crippen molar-refractivity contribution in [2.24, 2.45) is 0 Å². The Bertz CT molecular complexity index is 520. The number of H-pyrrole nitrogens is 1. The lowest BCUT2D eigenvalue weighted by Gasteiger charge is -2.28. The van der Waals surface area contributed by atoms with E-state index < -0.39 is 5.69 Å². The molecule has 2 fully saturated rings. The summed E-state index contributed by atoms with van der Waals surface area (Å²) >= 11 is 0. The average Bonchev–Trinajstić information content (AvgIpc) is 2.49. The van der Waals surface area contributed by atoms with E-state index in [-0.39, 0.29) is 24.0 Å². The molecule has 3 rings (SSSR count). The summed E-state index contributed by atoms with van der Waals surface area (Å²) in [4.78, 5) is 25.1. The number of aromatic nitrogens is 2. The first kappa shape index (κ1) is 9.80. The van der Waals surface area contributed by atoms with Crippen molar-refractivity contribution in [2.75, 3.05) is 6.61 Å². The Balaban J connectivity index is 1.97. The molecule has 0 aliphatic carbocycles. The highest BCUT2D eigenvalue weighted by molar-refractivity contribution is 5.02. The Labute approximate surface area is 90.8 Å². The molecule has 1 N–H and O–H groups in total. The van der Waals surface area contributed by atoms with E-state index in [4.69, 9.17) is 9.47 Å². The van der Waals surface area contributed by atoms with Crippen LogP contribution in [0.1, 0.15) is 18.2 Å². The summed E-state index contributed by atoms with van der Waals surface area (Å²) in [5.74, 6) is 0. The third-order valence-corrected chi connectivity index (χ3v) is 3.11. The molecule has 3 atom stereocenters. The zero-order valence-electron chi connectivity index (χ0n) is 8.80. The molecular formula is C10H12N2O4. The maximum atomic E-state index is 11.6. The van der Waals surface area contributed by atoms with Gasteiger partial charge in [0.1, 0.15) is 12.3 Å². The van der Waals surface area contributed by atoms with E-state index in [0.29, 0.717) is 18.6 Å². The van der Waals surface area contributed by atoms with Crippen LogP contribution in [0.2, 0.25) is 0 Å². The molecule has 6 heteroatoms. The van der Waals surface area contributed by atoms with Gasteiger partial charge < -0.3 is 9.47 Å². The van der Waals surface area contributed by atoms with E-state index in [9.17, 15) is 9.59 Å². The molecule has 0 radical (unpaired) electrons. The predicted octanol–water partition coefficient (Wildman–Crippen LogP) is -0.469. The van der Waals surface area contributed by atoms with E-state index in [1.54, 1.807) is 6.92 Å². The van der Waals surface area contributed by atoms with Crippen molar-refractivity contribution in [2.45, 2.75) is 31.8 Å². The van der Waals surface area contributed by atoms with E-state index in [1.807, 2.05) is 0 Å². The lowest BCUT2D eigenvalue weighted by Crippen LogP contribution is -2.40. The Hall–Kier alpha value is -1.40. The smallest absolute Gasteiger partial charge is 0.330 e. The number of nitrogens with one attached hydrogen (secondary N) is 1. The fourth-order valence-corrected chi connectivity index (χ4v) is 2.09. The van der Waals surface area contributed by atoms with Crippen LogP contribution in [0.5, 0.6) is 0 Å². The van der Waals surface area contributed by atoms with Crippen molar-refractivity contribution < 1.29 is 9.47 Å². The van der Waals surface area contributed by atoms with Crippen LogP contribution in [0.25, 0.3) is 0 Å². The predicted molar refractivity (Wildman–Crippen MR) is 54.3 cm³/mol. The van der Waals surface area contributed by atoms with Gasteiger partial charge in [0.2, 0.25) is 0 Å². The van der Waals surface area contributed by atoms with E-state index in [2.05, 4.69) is 4.98 Å². The van der Waals surface area contributed by atoms with Crippen molar-refractivity contribution in [3.63, 3.8) is 0 Å². The molecule has 3 heterocycles. The normalized spacial score (nSPS) is 32.2. The first-order valence-corrected chi connectivity index (χ1v) is 5.24. The zero-order valence-corrected chi connectivity index (χ0v) is 8.80. The standard InChI is InChI=1S/C10H12N2O4/c1-5-3-12(10(14)11-9(5)13)8-2-6-7(16-8)4-15-6/h3,6-8H,2,4H2,1H3,(H,11,13,14)/t6-,7-,8-/m0/s1. The molecule has 6 nitrogen and oxygen atoms in total. The van der Waals surface area contributed by atoms with Gasteiger partial charge in [0.15, 0.2) is 0 Å². The zero-order chi connectivity index (χ0) is 11.3. The maximum absolute atomic E-state index is 11.6. The molecule has 2 saturated heterocycles. The summed E-state index contributed by atoms with van der Waals surface area (Å²) in [6.07, 6.45) is 2.08. The number of aryl methyl sites for hydroxylation is 1. The highest BCUT2D eigenvalue weighted by atomic mass is 16.6. The Morgan fingerprint density at radius 2 is 2.25 bits per heavy atom. The number of ether oxygens (including phenoxy) is 2. The fourth-order valence-electron chi connectivity index (χ4n) is 2.09. The van der Waals surface area contributed by atoms with Gasteiger partial charge in [0.05, 0.1) is 12.7 Å². The summed E-state index contributed by atoms with van der Waals surface area (Å²) in [5.41, 5.74) is -0.274. The van der Waals surface area contributed by atoms with E-state index in [0.717, 1.165) is 0 Å². The van der Waals surface area contributed by atoms with E-state index >= 15 is 0 Å². The van der Waals surface area contributed by atoms with Crippen molar-refractivity contribution in [3.8, 4) is 0 Å². The number of aromatic amines is 1. The molecule has 0 bridgehead atoms. The molecule has 2 aliphatic heterocycles. The van der Waals surface area contributed by atoms with Gasteiger partial charge in [-0.25, -0.2) is 4.79 Å². The summed E-state index contributed by atoms with van der Waals surface area (Å²) in [7, 11) is 0. The summed E-state index contributed by atoms with van der Waals surface area (Å²) < 4.78 is 12.4. The van der Waals surface area contributed by atoms with Crippen molar-refractivity contribution in [1.82, 2.24) is 9.55 Å². The number of hydrogen-bond acceptors (Lipinski definition) is 4. The minimum Gasteiger partial charge on any atom is -0.372 e. The van der Waals surface area contributed by atoms with Gasteiger partial charge in [0.25, 0.3) is 5.56 Å². The minimum atomic E-state index is -0.429. The second-order valence-corrected chi connectivity index (χ2v) is 4.22. The minimum absolute atomic E-state index is 0.101. The number of nitrogens with zero attached hydrogens (tertiary/aromatic N) is 1. The SMILES string of the molecule is Cc1cn([C@@H]2C[C@@H]3OC[C@@H]3O2)c(=O)[nH]c1=O. The Morgan fingerprint density at radius 1 is 1.44 bits per heavy atom. The number of fused-ring (bicyclic) bond motifs is 1. The molecule has 1 aromatic rings. The lowest BCUT2D eigenvalue weighted by molar-refractivity contribution is -0.149. The van der Waals surface area contributed by atoms with Crippen LogP contribution < -0.4 is 11.2 Å². The van der Waals surface area contributed by atoms with Gasteiger partial charge in [-0.3, -0.25) is 14.3 Å². The van der Waals surface area contributed by atoms with Crippen LogP contribution in [0.4, 0.5) is 0 Å². The summed E-state index contributed by atoms with van der Waals surface area (Å²) in [5, 5.41) is 0. The molecular weight excluding hydrogens is 212 g/mol. The molecule has 0 unspecified atom stereocenters. The Kier molecular flexibility index (Phi) is 2.02. The van der Waals surface area contributed by atoms with Crippen molar-refractivity contribution >= 4 is 0 Å². The highest BCUT2D eigenvalue weighted by Gasteiger charge is 2.44. The maximum Gasteiger partial charge on any atom is 0.330 e. The Morgan fingerprint density at radius 3 is 2.81 bits per heavy atom. The highest BCUT2D eigenvalue weighted by Crippen LogP contribution is 2.35. The third kappa shape index (κ3) is 1.34. The lowest BCUT2D eigenvalue weighted by atomic mass is 10.1. The van der Waals surface area contributed by atoms with Crippen LogP contribution in [-0.2, 0) is 9.47 Å². The summed E-state index contributed by atoms with van der Waals surface area (Å²) in [6.45, 7) is 2.26. The molecule has 0 amide bonds. The van der Waals surface area contributed by atoms with Crippen LogP contribution in [0, 0.1) is 6.92 Å². The topological polar surface area (TPSA) is 73.3 Å². The quantitative estimate of drug-likeness (QED) is 0.700. The van der Waals surface area contributed by atoms with Gasteiger partial charge in [-0.1, -0.05) is 0 Å². The van der Waals surface area contributed by atoms with Crippen LogP contribution >= 0.6 is 0 Å². The molecule has 0 aromatic carbocycles. The van der Waals surface area contributed by atoms with Crippen molar-refractivity contribution in [1.29, 1.82) is 0 Å². The molecule has 0 spiro atoms. The van der Waals surface area contributed by atoms with Gasteiger partial charge in [-0.2, -0.15) is 0 Å². The number of hydrogen-bond donors (Lipinski definition) is 1. The average molecular weight is 224 g/mol. The van der Waals surface area contributed by atoms with Gasteiger partial charge in [-0.15, -0.1) is 0 Å². The van der Waals surface area contributed by atoms with Gasteiger partial charge in [-0.05, 0) is 6.92 Å². The first-order valence-electron chi connectivity index (χ1n) is 5.24. The van der Waals surface area contributed by atoms with Gasteiger partial charge in [0, 0.05) is 18.2 Å². The van der Waals surface area contributed by atoms with Crippen LogP contribution in [0.15, 0.2) is 15.8 Å². The second-order valence-electron chi connectivity index (χ2n) is 4.22. The van der Waals surface area contributed by atoms with E-state index in [1.165, 1.54) is 10.8 Å². The molecule has 0 saturated carbocycles. The first-order chi connectivity index (χ1) is 7.65. The van der Waals surface area contributed by atoms with Gasteiger partial charge >= 0.3 is 5.69 Å². The largest absolute Gasteiger partial charge is 0.372 e. The van der Waals surface area contributed by atoms with Crippen molar-refractivity contribution in [3.05, 3.63) is 32.6 Å². The molecule has 86 valence electrons. The monoisotopic (exact) mass is 224 g/mol. The molecule has 1 aromatic heterocycles. The second kappa shape index (κ2) is 3.29. The van der Waals surface area contributed by atoms with Crippen LogP contribution in [-0.4, -0.2) is 28.4 Å².